The molecule has 2 aromatic carbocycles. The number of benzene rings is 2. The normalized spacial score (nSPS) is 29.0. The van der Waals surface area contributed by atoms with Crippen molar-refractivity contribution < 1.29 is 9.53 Å². The average Bonchev–Trinajstić information content (AvgIpc) is 3.17. The van der Waals surface area contributed by atoms with Crippen LogP contribution in [-0.2, 0) is 29.0 Å². The molecule has 3 unspecified atom stereocenters. The van der Waals surface area contributed by atoms with Crippen LogP contribution in [0.1, 0.15) is 16.7 Å². The first kappa shape index (κ1) is 17.0. The third kappa shape index (κ3) is 3.52. The highest BCUT2D eigenvalue weighted by Crippen LogP contribution is 2.52. The second-order valence-corrected chi connectivity index (χ2v) is 8.21. The smallest absolute Gasteiger partial charge is 0.323 e. The summed E-state index contributed by atoms with van der Waals surface area (Å²) >= 11 is 0. The number of carbonyl (C=O) groups is 1. The first-order chi connectivity index (χ1) is 13.3. The van der Waals surface area contributed by atoms with Crippen LogP contribution in [0.3, 0.4) is 0 Å². The van der Waals surface area contributed by atoms with Gasteiger partial charge in [0.05, 0.1) is 6.61 Å². The highest BCUT2D eigenvalue weighted by molar-refractivity contribution is 5.76. The van der Waals surface area contributed by atoms with Gasteiger partial charge in [-0.25, -0.2) is 0 Å². The van der Waals surface area contributed by atoms with Crippen LogP contribution in [0.4, 0.5) is 0 Å². The Hall–Kier alpha value is -2.17. The minimum Gasteiger partial charge on any atom is -0.464 e. The Morgan fingerprint density at radius 1 is 1.00 bits per heavy atom. The van der Waals surface area contributed by atoms with Crippen molar-refractivity contribution in [2.24, 2.45) is 17.8 Å². The molecule has 4 heteroatoms. The highest BCUT2D eigenvalue weighted by atomic mass is 16.5. The number of hydrogen-bond acceptors (Lipinski definition) is 4. The van der Waals surface area contributed by atoms with Gasteiger partial charge < -0.3 is 10.1 Å². The molecule has 1 saturated carbocycles. The third-order valence-electron chi connectivity index (χ3n) is 6.48. The van der Waals surface area contributed by atoms with E-state index in [9.17, 15) is 4.79 Å². The molecule has 2 fully saturated rings. The average molecular weight is 362 g/mol. The molecule has 0 amide bonds. The van der Waals surface area contributed by atoms with E-state index in [0.717, 1.165) is 32.6 Å². The van der Waals surface area contributed by atoms with Gasteiger partial charge in [-0.3, -0.25) is 9.69 Å². The number of piperidine rings is 1. The molecule has 1 aliphatic carbocycles. The van der Waals surface area contributed by atoms with E-state index in [0.29, 0.717) is 24.4 Å². The van der Waals surface area contributed by atoms with E-state index in [1.54, 1.807) is 0 Å². The number of nitrogens with one attached hydrogen (secondary N) is 1. The second-order valence-electron chi connectivity index (χ2n) is 8.21. The number of ether oxygens (including phenoxy) is 1. The number of carbonyl (C=O) groups excluding carboxylic acids is 1. The van der Waals surface area contributed by atoms with Crippen molar-refractivity contribution in [3.05, 3.63) is 71.3 Å². The van der Waals surface area contributed by atoms with Crippen LogP contribution in [0.15, 0.2) is 54.6 Å². The van der Waals surface area contributed by atoms with Crippen molar-refractivity contribution in [1.29, 1.82) is 0 Å². The Labute approximate surface area is 160 Å². The minimum atomic E-state index is -0.201. The van der Waals surface area contributed by atoms with Crippen LogP contribution in [0, 0.1) is 17.8 Å². The number of fused-ring (bicyclic) bond motifs is 2. The lowest BCUT2D eigenvalue weighted by molar-refractivity contribution is -0.147. The molecule has 4 nitrogen and oxygen atoms in total. The first-order valence-corrected chi connectivity index (χ1v) is 10.0. The Morgan fingerprint density at radius 2 is 1.70 bits per heavy atom. The van der Waals surface area contributed by atoms with Crippen LogP contribution < -0.4 is 5.32 Å². The van der Waals surface area contributed by atoms with Gasteiger partial charge in [-0.2, -0.15) is 0 Å². The minimum absolute atomic E-state index is 0.0874. The van der Waals surface area contributed by atoms with E-state index in [2.05, 4.69) is 52.7 Å². The van der Waals surface area contributed by atoms with Crippen molar-refractivity contribution in [2.75, 3.05) is 19.7 Å². The standard InChI is InChI=1S/C23H26N2O2/c26-23(22-10-17-8-4-5-9-18(17)11-24-22)27-15-21-19-13-25(14-20(19)21)12-16-6-2-1-3-7-16/h1-9,19-22,24H,10-15H2. The maximum atomic E-state index is 12.5. The molecule has 0 spiro atoms. The van der Waals surface area contributed by atoms with Gasteiger partial charge in [0, 0.05) is 32.1 Å². The molecule has 0 bridgehead atoms. The number of esters is 1. The zero-order valence-corrected chi connectivity index (χ0v) is 15.5. The maximum Gasteiger partial charge on any atom is 0.323 e. The maximum absolute atomic E-state index is 12.5. The third-order valence-corrected chi connectivity index (χ3v) is 6.48. The topological polar surface area (TPSA) is 41.6 Å². The second kappa shape index (κ2) is 7.10. The lowest BCUT2D eigenvalue weighted by Gasteiger charge is -2.25. The molecule has 3 atom stereocenters. The van der Waals surface area contributed by atoms with E-state index in [4.69, 9.17) is 4.74 Å². The van der Waals surface area contributed by atoms with Crippen LogP contribution in [0.25, 0.3) is 0 Å². The zero-order chi connectivity index (χ0) is 18.2. The molecule has 1 saturated heterocycles. The van der Waals surface area contributed by atoms with Crippen LogP contribution in [0.5, 0.6) is 0 Å². The first-order valence-electron chi connectivity index (χ1n) is 10.0. The van der Waals surface area contributed by atoms with Crippen LogP contribution in [-0.4, -0.2) is 36.6 Å². The van der Waals surface area contributed by atoms with Gasteiger partial charge in [0.1, 0.15) is 6.04 Å². The van der Waals surface area contributed by atoms with Crippen molar-refractivity contribution >= 4 is 5.97 Å². The summed E-state index contributed by atoms with van der Waals surface area (Å²) in [6.07, 6.45) is 0.734. The fourth-order valence-electron chi connectivity index (χ4n) is 4.85. The molecule has 2 aromatic rings. The quantitative estimate of drug-likeness (QED) is 0.831. The van der Waals surface area contributed by atoms with Gasteiger partial charge in [0.2, 0.25) is 0 Å². The Bertz CT molecular complexity index is 810. The summed E-state index contributed by atoms with van der Waals surface area (Å²) in [4.78, 5) is 15.0. The van der Waals surface area contributed by atoms with Gasteiger partial charge in [-0.15, -0.1) is 0 Å². The van der Waals surface area contributed by atoms with Crippen LogP contribution >= 0.6 is 0 Å². The van der Waals surface area contributed by atoms with E-state index in [1.807, 2.05) is 12.1 Å². The highest BCUT2D eigenvalue weighted by Gasteiger charge is 2.55. The fraction of sp³-hybridized carbons (Fsp3) is 0.435. The van der Waals surface area contributed by atoms with Gasteiger partial charge in [-0.1, -0.05) is 54.6 Å². The zero-order valence-electron chi connectivity index (χ0n) is 15.5. The Kier molecular flexibility index (Phi) is 4.46. The molecule has 5 rings (SSSR count). The van der Waals surface area contributed by atoms with Crippen LogP contribution in [0.2, 0.25) is 0 Å². The number of rotatable bonds is 5. The summed E-state index contributed by atoms with van der Waals surface area (Å²) in [5, 5.41) is 3.32. The summed E-state index contributed by atoms with van der Waals surface area (Å²) in [6.45, 7) is 4.64. The van der Waals surface area contributed by atoms with E-state index in [-0.39, 0.29) is 12.0 Å². The van der Waals surface area contributed by atoms with Gasteiger partial charge in [0.25, 0.3) is 0 Å². The predicted octanol–water partition coefficient (Wildman–Crippen LogP) is 2.62. The van der Waals surface area contributed by atoms with E-state index in [1.165, 1.54) is 16.7 Å². The Balaban J connectivity index is 1.07. The fourth-order valence-corrected chi connectivity index (χ4v) is 4.85. The monoisotopic (exact) mass is 362 g/mol. The molecule has 0 radical (unpaired) electrons. The van der Waals surface area contributed by atoms with Crippen molar-refractivity contribution in [3.63, 3.8) is 0 Å². The van der Waals surface area contributed by atoms with Gasteiger partial charge in [0.15, 0.2) is 0 Å². The lowest BCUT2D eigenvalue weighted by Crippen LogP contribution is -2.43. The molecule has 1 N–H and O–H groups in total. The van der Waals surface area contributed by atoms with Crippen molar-refractivity contribution in [1.82, 2.24) is 10.2 Å². The molecular formula is C23H26N2O2. The van der Waals surface area contributed by atoms with Gasteiger partial charge in [-0.05, 0) is 34.9 Å². The van der Waals surface area contributed by atoms with Gasteiger partial charge >= 0.3 is 5.97 Å². The molecular weight excluding hydrogens is 336 g/mol. The predicted molar refractivity (Wildman–Crippen MR) is 104 cm³/mol. The van der Waals surface area contributed by atoms with Crippen molar-refractivity contribution in [2.45, 2.75) is 25.6 Å². The van der Waals surface area contributed by atoms with Crippen molar-refractivity contribution in [3.8, 4) is 0 Å². The SMILES string of the molecule is O=C(OCC1C2CN(Cc3ccccc3)CC12)C1Cc2ccccc2CN1. The Morgan fingerprint density at radius 3 is 2.48 bits per heavy atom. The number of hydrogen-bond donors (Lipinski definition) is 1. The summed E-state index contributed by atoms with van der Waals surface area (Å²) in [5.74, 6) is 1.90. The lowest BCUT2D eigenvalue weighted by atomic mass is 9.96. The molecule has 0 aromatic heterocycles. The number of nitrogens with zero attached hydrogens (tertiary/aromatic N) is 1. The largest absolute Gasteiger partial charge is 0.464 e. The molecule has 3 aliphatic rings. The summed E-state index contributed by atoms with van der Waals surface area (Å²) in [5.41, 5.74) is 3.93. The van der Waals surface area contributed by atoms with E-state index < -0.39 is 0 Å². The molecule has 140 valence electrons. The molecule has 2 heterocycles. The molecule has 27 heavy (non-hydrogen) atoms. The van der Waals surface area contributed by atoms with E-state index >= 15 is 0 Å². The summed E-state index contributed by atoms with van der Waals surface area (Å²) in [7, 11) is 0. The summed E-state index contributed by atoms with van der Waals surface area (Å²) < 4.78 is 5.69. The molecule has 2 aliphatic heterocycles. The summed E-state index contributed by atoms with van der Waals surface area (Å²) in [6, 6.07) is 18.8. The number of likely N-dealkylation sites (tertiary alicyclic amines) is 1.